The summed E-state index contributed by atoms with van der Waals surface area (Å²) in [4.78, 5) is 8.72. The molecule has 1 fully saturated rings. The molecule has 0 saturated carbocycles. The van der Waals surface area contributed by atoms with Crippen molar-refractivity contribution in [1.82, 2.24) is 15.3 Å². The molecule has 0 amide bonds. The van der Waals surface area contributed by atoms with Crippen LogP contribution in [0.1, 0.15) is 38.3 Å². The van der Waals surface area contributed by atoms with Gasteiger partial charge in [-0.15, -0.1) is 0 Å². The number of nitrogens with one attached hydrogen (secondary N) is 2. The van der Waals surface area contributed by atoms with Crippen molar-refractivity contribution >= 4 is 5.95 Å². The molecule has 0 radical (unpaired) electrons. The van der Waals surface area contributed by atoms with Crippen molar-refractivity contribution in [3.8, 4) is 0 Å². The first kappa shape index (κ1) is 11.3. The van der Waals surface area contributed by atoms with Gasteiger partial charge >= 0.3 is 0 Å². The van der Waals surface area contributed by atoms with E-state index in [4.69, 9.17) is 0 Å². The van der Waals surface area contributed by atoms with Crippen molar-refractivity contribution in [2.24, 2.45) is 0 Å². The summed E-state index contributed by atoms with van der Waals surface area (Å²) in [5.74, 6) is 1.20. The number of rotatable bonds is 4. The van der Waals surface area contributed by atoms with Crippen LogP contribution in [0.5, 0.6) is 0 Å². The van der Waals surface area contributed by atoms with Gasteiger partial charge in [0.1, 0.15) is 0 Å². The van der Waals surface area contributed by atoms with E-state index in [9.17, 15) is 0 Å². The summed E-state index contributed by atoms with van der Waals surface area (Å²) in [5.41, 5.74) is 1.09. The maximum Gasteiger partial charge on any atom is 0.222 e. The molecule has 4 nitrogen and oxygen atoms in total. The van der Waals surface area contributed by atoms with Crippen molar-refractivity contribution in [3.05, 3.63) is 18.0 Å². The number of anilines is 1. The van der Waals surface area contributed by atoms with Gasteiger partial charge in [0.25, 0.3) is 0 Å². The summed E-state index contributed by atoms with van der Waals surface area (Å²) in [7, 11) is 0. The second-order valence-corrected chi connectivity index (χ2v) is 4.63. The highest BCUT2D eigenvalue weighted by Gasteiger charge is 2.13. The van der Waals surface area contributed by atoms with Gasteiger partial charge in [0, 0.05) is 24.5 Å². The van der Waals surface area contributed by atoms with E-state index in [1.165, 1.54) is 12.8 Å². The molecular formula is C12H20N4. The predicted octanol–water partition coefficient (Wildman–Crippen LogP) is 1.76. The van der Waals surface area contributed by atoms with Crippen LogP contribution in [0, 0.1) is 0 Å². The van der Waals surface area contributed by atoms with Gasteiger partial charge in [0.2, 0.25) is 5.95 Å². The van der Waals surface area contributed by atoms with Crippen LogP contribution in [0.4, 0.5) is 5.95 Å². The number of hydrogen-bond acceptors (Lipinski definition) is 4. The third kappa shape index (κ3) is 2.92. The largest absolute Gasteiger partial charge is 0.353 e. The third-order valence-corrected chi connectivity index (χ3v) is 2.94. The highest BCUT2D eigenvalue weighted by Crippen LogP contribution is 2.12. The molecule has 16 heavy (non-hydrogen) atoms. The van der Waals surface area contributed by atoms with Gasteiger partial charge in [-0.1, -0.05) is 13.8 Å². The molecule has 1 atom stereocenters. The van der Waals surface area contributed by atoms with Crippen molar-refractivity contribution < 1.29 is 0 Å². The molecule has 2 N–H and O–H groups in total. The third-order valence-electron chi connectivity index (χ3n) is 2.94. The second-order valence-electron chi connectivity index (χ2n) is 4.63. The van der Waals surface area contributed by atoms with E-state index in [0.717, 1.165) is 24.7 Å². The molecule has 0 aromatic carbocycles. The lowest BCUT2D eigenvalue weighted by Gasteiger charge is -2.12. The molecule has 0 bridgehead atoms. The van der Waals surface area contributed by atoms with E-state index in [1.807, 2.05) is 12.3 Å². The van der Waals surface area contributed by atoms with Crippen LogP contribution in [-0.2, 0) is 0 Å². The molecular weight excluding hydrogens is 200 g/mol. The van der Waals surface area contributed by atoms with Gasteiger partial charge in [-0.05, 0) is 31.4 Å². The Hall–Kier alpha value is -1.16. The zero-order valence-electron chi connectivity index (χ0n) is 10.0. The molecule has 4 heteroatoms. The van der Waals surface area contributed by atoms with Crippen molar-refractivity contribution in [3.63, 3.8) is 0 Å². The molecule has 0 spiro atoms. The first-order valence-electron chi connectivity index (χ1n) is 6.06. The van der Waals surface area contributed by atoms with Crippen LogP contribution in [0.3, 0.4) is 0 Å². The molecule has 1 aromatic heterocycles. The van der Waals surface area contributed by atoms with Gasteiger partial charge in [-0.2, -0.15) is 0 Å². The summed E-state index contributed by atoms with van der Waals surface area (Å²) in [6.07, 6.45) is 4.35. The fourth-order valence-corrected chi connectivity index (χ4v) is 1.92. The van der Waals surface area contributed by atoms with E-state index in [0.29, 0.717) is 12.0 Å². The Labute approximate surface area is 96.9 Å². The molecule has 0 aliphatic carbocycles. The van der Waals surface area contributed by atoms with Gasteiger partial charge in [0.05, 0.1) is 0 Å². The summed E-state index contributed by atoms with van der Waals surface area (Å²) in [5, 5.41) is 6.74. The van der Waals surface area contributed by atoms with Crippen molar-refractivity contribution in [2.75, 3.05) is 18.4 Å². The summed E-state index contributed by atoms with van der Waals surface area (Å²) in [6.45, 7) is 6.34. The lowest BCUT2D eigenvalue weighted by molar-refractivity contribution is 0.630. The molecule has 1 aliphatic rings. The molecule has 2 heterocycles. The van der Waals surface area contributed by atoms with Crippen molar-refractivity contribution in [2.45, 2.75) is 38.6 Å². The highest BCUT2D eigenvalue weighted by molar-refractivity contribution is 5.26. The van der Waals surface area contributed by atoms with Crippen LogP contribution in [-0.4, -0.2) is 29.1 Å². The first-order chi connectivity index (χ1) is 7.75. The van der Waals surface area contributed by atoms with Crippen LogP contribution >= 0.6 is 0 Å². The standard InChI is InChI=1S/C12H20N4/c1-9(2)11-5-7-14-12(16-11)15-8-10-4-3-6-13-10/h5,7,9-10,13H,3-4,6,8H2,1-2H3,(H,14,15,16). The molecule has 1 aromatic rings. The maximum atomic E-state index is 4.48. The quantitative estimate of drug-likeness (QED) is 0.812. The summed E-state index contributed by atoms with van der Waals surface area (Å²) >= 11 is 0. The molecule has 1 unspecified atom stereocenters. The van der Waals surface area contributed by atoms with Gasteiger partial charge in [-0.25, -0.2) is 9.97 Å². The average molecular weight is 220 g/mol. The van der Waals surface area contributed by atoms with E-state index in [2.05, 4.69) is 34.4 Å². The fourth-order valence-electron chi connectivity index (χ4n) is 1.92. The smallest absolute Gasteiger partial charge is 0.222 e. The van der Waals surface area contributed by atoms with Gasteiger partial charge < -0.3 is 10.6 Å². The lowest BCUT2D eigenvalue weighted by Crippen LogP contribution is -2.29. The van der Waals surface area contributed by atoms with E-state index >= 15 is 0 Å². The second kappa shape index (κ2) is 5.25. The monoisotopic (exact) mass is 220 g/mol. The SMILES string of the molecule is CC(C)c1ccnc(NCC2CCCN2)n1. The molecule has 88 valence electrons. The Balaban J connectivity index is 1.90. The minimum atomic E-state index is 0.452. The molecule has 1 saturated heterocycles. The minimum absolute atomic E-state index is 0.452. The number of aromatic nitrogens is 2. The Bertz CT molecular complexity index is 332. The molecule has 2 rings (SSSR count). The normalized spacial score (nSPS) is 20.3. The topological polar surface area (TPSA) is 49.8 Å². The Morgan fingerprint density at radius 3 is 3.12 bits per heavy atom. The fraction of sp³-hybridized carbons (Fsp3) is 0.667. The van der Waals surface area contributed by atoms with E-state index in [1.54, 1.807) is 0 Å². The Morgan fingerprint density at radius 1 is 1.56 bits per heavy atom. The van der Waals surface area contributed by atoms with E-state index in [-0.39, 0.29) is 0 Å². The van der Waals surface area contributed by atoms with Crippen LogP contribution in [0.2, 0.25) is 0 Å². The first-order valence-corrected chi connectivity index (χ1v) is 6.06. The lowest BCUT2D eigenvalue weighted by atomic mass is 10.1. The van der Waals surface area contributed by atoms with Crippen LogP contribution < -0.4 is 10.6 Å². The average Bonchev–Trinajstić information content (AvgIpc) is 2.79. The minimum Gasteiger partial charge on any atom is -0.353 e. The van der Waals surface area contributed by atoms with Gasteiger partial charge in [-0.3, -0.25) is 0 Å². The Kier molecular flexibility index (Phi) is 3.72. The van der Waals surface area contributed by atoms with E-state index < -0.39 is 0 Å². The maximum absolute atomic E-state index is 4.48. The zero-order chi connectivity index (χ0) is 11.4. The predicted molar refractivity (Wildman–Crippen MR) is 65.6 cm³/mol. The van der Waals surface area contributed by atoms with Crippen molar-refractivity contribution in [1.29, 1.82) is 0 Å². The Morgan fingerprint density at radius 2 is 2.44 bits per heavy atom. The van der Waals surface area contributed by atoms with Crippen LogP contribution in [0.15, 0.2) is 12.3 Å². The zero-order valence-corrected chi connectivity index (χ0v) is 10.0. The number of hydrogen-bond donors (Lipinski definition) is 2. The highest BCUT2D eigenvalue weighted by atomic mass is 15.1. The molecule has 1 aliphatic heterocycles. The summed E-state index contributed by atoms with van der Waals surface area (Å²) in [6, 6.07) is 2.55. The summed E-state index contributed by atoms with van der Waals surface area (Å²) < 4.78 is 0. The van der Waals surface area contributed by atoms with Gasteiger partial charge in [0.15, 0.2) is 0 Å². The number of nitrogens with zero attached hydrogens (tertiary/aromatic N) is 2. The van der Waals surface area contributed by atoms with Crippen LogP contribution in [0.25, 0.3) is 0 Å².